The van der Waals surface area contributed by atoms with Crippen LogP contribution in [-0.4, -0.2) is 62.2 Å². The van der Waals surface area contributed by atoms with E-state index in [2.05, 4.69) is 5.32 Å². The average molecular weight is 601 g/mol. The van der Waals surface area contributed by atoms with Crippen molar-refractivity contribution in [2.24, 2.45) is 0 Å². The van der Waals surface area contributed by atoms with Gasteiger partial charge in [-0.2, -0.15) is 0 Å². The Hall–Kier alpha value is -2.69. The summed E-state index contributed by atoms with van der Waals surface area (Å²) in [4.78, 5) is 28.6. The zero-order valence-electron chi connectivity index (χ0n) is 22.8. The lowest BCUT2D eigenvalue weighted by Crippen LogP contribution is -2.55. The summed E-state index contributed by atoms with van der Waals surface area (Å²) < 4.78 is 38.6. The van der Waals surface area contributed by atoms with Crippen LogP contribution < -0.4 is 19.1 Å². The van der Waals surface area contributed by atoms with Crippen molar-refractivity contribution in [1.82, 2.24) is 10.2 Å². The van der Waals surface area contributed by atoms with Crippen molar-refractivity contribution >= 4 is 50.7 Å². The Labute approximate surface area is 240 Å². The standard InChI is InChI=1S/C27H35Cl2N3O6S/c1-6-22(26(34)30-27(3,4)5)31(16-18-8-10-20(28)21(29)14-18)25(33)17-32(39(35,36)7-2)19-9-11-23-24(15-19)38-13-12-37-23/h8-11,14-15,22H,6-7,12-13,16-17H2,1-5H3,(H,30,34)/t22-/m1/s1. The van der Waals surface area contributed by atoms with Crippen molar-refractivity contribution in [1.29, 1.82) is 0 Å². The maximum Gasteiger partial charge on any atom is 0.244 e. The molecule has 0 saturated heterocycles. The van der Waals surface area contributed by atoms with Gasteiger partial charge < -0.3 is 19.7 Å². The summed E-state index contributed by atoms with van der Waals surface area (Å²) in [5.74, 6) is -0.238. The first-order valence-corrected chi connectivity index (χ1v) is 15.1. The van der Waals surface area contributed by atoms with Gasteiger partial charge in [-0.25, -0.2) is 8.42 Å². The van der Waals surface area contributed by atoms with Gasteiger partial charge in [0.1, 0.15) is 25.8 Å². The first kappa shape index (κ1) is 30.8. The number of rotatable bonds is 10. The van der Waals surface area contributed by atoms with Gasteiger partial charge in [0.05, 0.1) is 21.5 Å². The number of nitrogens with one attached hydrogen (secondary N) is 1. The van der Waals surface area contributed by atoms with Crippen molar-refractivity contribution in [2.45, 2.75) is 59.2 Å². The molecule has 214 valence electrons. The fourth-order valence-electron chi connectivity index (χ4n) is 4.11. The van der Waals surface area contributed by atoms with Gasteiger partial charge >= 0.3 is 0 Å². The molecule has 2 aromatic rings. The number of hydrogen-bond acceptors (Lipinski definition) is 6. The molecule has 0 bridgehead atoms. The number of anilines is 1. The van der Waals surface area contributed by atoms with Crippen molar-refractivity contribution in [3.05, 3.63) is 52.0 Å². The zero-order valence-corrected chi connectivity index (χ0v) is 25.1. The Morgan fingerprint density at radius 3 is 2.26 bits per heavy atom. The maximum atomic E-state index is 13.9. The number of nitrogens with zero attached hydrogens (tertiary/aromatic N) is 2. The molecule has 12 heteroatoms. The minimum Gasteiger partial charge on any atom is -0.486 e. The first-order chi connectivity index (χ1) is 18.3. The molecule has 0 fully saturated rings. The number of carbonyl (C=O) groups excluding carboxylic acids is 2. The van der Waals surface area contributed by atoms with Crippen LogP contribution in [0.3, 0.4) is 0 Å². The Bertz CT molecular complexity index is 1310. The van der Waals surface area contributed by atoms with E-state index in [0.717, 1.165) is 4.31 Å². The summed E-state index contributed by atoms with van der Waals surface area (Å²) in [6.45, 7) is 9.06. The second-order valence-corrected chi connectivity index (χ2v) is 13.2. The molecule has 0 spiro atoms. The number of ether oxygens (including phenoxy) is 2. The third kappa shape index (κ3) is 7.93. The Kier molecular flexibility index (Phi) is 10.0. The van der Waals surface area contributed by atoms with Gasteiger partial charge in [0.2, 0.25) is 21.8 Å². The number of sulfonamides is 1. The fourth-order valence-corrected chi connectivity index (χ4v) is 5.49. The highest BCUT2D eigenvalue weighted by Gasteiger charge is 2.34. The van der Waals surface area contributed by atoms with E-state index < -0.39 is 34.1 Å². The van der Waals surface area contributed by atoms with Gasteiger partial charge in [0, 0.05) is 18.2 Å². The number of fused-ring (bicyclic) bond motifs is 1. The molecule has 1 atom stereocenters. The molecular weight excluding hydrogens is 565 g/mol. The third-order valence-corrected chi connectivity index (χ3v) is 8.49. The van der Waals surface area contributed by atoms with Gasteiger partial charge in [0.25, 0.3) is 0 Å². The number of halogens is 2. The molecule has 0 unspecified atom stereocenters. The second-order valence-electron chi connectivity index (χ2n) is 10.2. The smallest absolute Gasteiger partial charge is 0.244 e. The minimum atomic E-state index is -3.88. The van der Waals surface area contributed by atoms with E-state index in [9.17, 15) is 18.0 Å². The highest BCUT2D eigenvalue weighted by Crippen LogP contribution is 2.35. The predicted octanol–water partition coefficient (Wildman–Crippen LogP) is 4.64. The van der Waals surface area contributed by atoms with Crippen molar-refractivity contribution < 1.29 is 27.5 Å². The molecule has 1 heterocycles. The first-order valence-electron chi connectivity index (χ1n) is 12.7. The van der Waals surface area contributed by atoms with Crippen LogP contribution in [0.25, 0.3) is 0 Å². The van der Waals surface area contributed by atoms with Crippen LogP contribution in [0.2, 0.25) is 10.0 Å². The van der Waals surface area contributed by atoms with Gasteiger partial charge in [-0.15, -0.1) is 0 Å². The van der Waals surface area contributed by atoms with Crippen molar-refractivity contribution in [3.63, 3.8) is 0 Å². The van der Waals surface area contributed by atoms with Crippen LogP contribution in [0.15, 0.2) is 36.4 Å². The van der Waals surface area contributed by atoms with E-state index in [1.54, 1.807) is 43.3 Å². The van der Waals surface area contributed by atoms with Crippen LogP contribution in [0.4, 0.5) is 5.69 Å². The summed E-state index contributed by atoms with van der Waals surface area (Å²) in [5.41, 5.74) is 0.367. The average Bonchev–Trinajstić information content (AvgIpc) is 2.87. The molecule has 0 aromatic heterocycles. The van der Waals surface area contributed by atoms with Crippen molar-refractivity contribution in [2.75, 3.05) is 29.8 Å². The highest BCUT2D eigenvalue weighted by molar-refractivity contribution is 7.92. The molecule has 0 radical (unpaired) electrons. The molecule has 1 aliphatic heterocycles. The summed E-state index contributed by atoms with van der Waals surface area (Å²) in [6, 6.07) is 8.82. The van der Waals surface area contributed by atoms with Gasteiger partial charge in [-0.05, 0) is 63.9 Å². The number of amides is 2. The Balaban J connectivity index is 2.01. The predicted molar refractivity (Wildman–Crippen MR) is 153 cm³/mol. The van der Waals surface area contributed by atoms with E-state index in [0.29, 0.717) is 46.7 Å². The van der Waals surface area contributed by atoms with Crippen LogP contribution in [0, 0.1) is 0 Å². The maximum absolute atomic E-state index is 13.9. The SMILES string of the molecule is CC[C@H](C(=O)NC(C)(C)C)N(Cc1ccc(Cl)c(Cl)c1)C(=O)CN(c1ccc2c(c1)OCCO2)S(=O)(=O)CC. The molecule has 9 nitrogen and oxygen atoms in total. The highest BCUT2D eigenvalue weighted by atomic mass is 35.5. The molecule has 0 saturated carbocycles. The summed E-state index contributed by atoms with van der Waals surface area (Å²) in [6.07, 6.45) is 0.305. The van der Waals surface area contributed by atoms with Gasteiger partial charge in [0.15, 0.2) is 11.5 Å². The van der Waals surface area contributed by atoms with E-state index in [1.807, 2.05) is 20.8 Å². The number of hydrogen-bond donors (Lipinski definition) is 1. The molecular formula is C27H35Cl2N3O6S. The minimum absolute atomic E-state index is 0.0208. The van der Waals surface area contributed by atoms with Crippen LogP contribution in [0.1, 0.15) is 46.6 Å². The largest absolute Gasteiger partial charge is 0.486 e. The fraction of sp³-hybridized carbons (Fsp3) is 0.481. The Morgan fingerprint density at radius 1 is 1.00 bits per heavy atom. The van der Waals surface area contributed by atoms with Gasteiger partial charge in [-0.3, -0.25) is 13.9 Å². The topological polar surface area (TPSA) is 105 Å². The molecule has 0 aliphatic carbocycles. The zero-order chi connectivity index (χ0) is 29.0. The third-order valence-electron chi connectivity index (χ3n) is 6.01. The summed E-state index contributed by atoms with van der Waals surface area (Å²) in [7, 11) is -3.88. The molecule has 3 rings (SSSR count). The van der Waals surface area contributed by atoms with Crippen LogP contribution >= 0.6 is 23.2 Å². The second kappa shape index (κ2) is 12.7. The van der Waals surface area contributed by atoms with E-state index in [-0.39, 0.29) is 23.9 Å². The van der Waals surface area contributed by atoms with E-state index >= 15 is 0 Å². The molecule has 1 N–H and O–H groups in total. The summed E-state index contributed by atoms with van der Waals surface area (Å²) in [5, 5.41) is 3.59. The quantitative estimate of drug-likeness (QED) is 0.426. The normalized spacial score (nSPS) is 13.9. The van der Waals surface area contributed by atoms with E-state index in [4.69, 9.17) is 32.7 Å². The lowest BCUT2D eigenvalue weighted by molar-refractivity contribution is -0.141. The molecule has 2 aromatic carbocycles. The molecule has 39 heavy (non-hydrogen) atoms. The molecule has 1 aliphatic rings. The number of carbonyl (C=O) groups is 2. The monoisotopic (exact) mass is 599 g/mol. The van der Waals surface area contributed by atoms with Crippen molar-refractivity contribution in [3.8, 4) is 11.5 Å². The lowest BCUT2D eigenvalue weighted by atomic mass is 10.1. The Morgan fingerprint density at radius 2 is 1.67 bits per heavy atom. The van der Waals surface area contributed by atoms with E-state index in [1.165, 1.54) is 11.8 Å². The van der Waals surface area contributed by atoms with Crippen LogP contribution in [0.5, 0.6) is 11.5 Å². The van der Waals surface area contributed by atoms with Crippen LogP contribution in [-0.2, 0) is 26.2 Å². The number of benzene rings is 2. The molecule has 2 amide bonds. The lowest BCUT2D eigenvalue weighted by Gasteiger charge is -2.35. The summed E-state index contributed by atoms with van der Waals surface area (Å²) >= 11 is 12.3. The van der Waals surface area contributed by atoms with Gasteiger partial charge in [-0.1, -0.05) is 36.2 Å².